The third-order valence-corrected chi connectivity index (χ3v) is 3.99. The van der Waals surface area contributed by atoms with Gasteiger partial charge in [-0.15, -0.1) is 0 Å². The fourth-order valence-electron chi connectivity index (χ4n) is 2.97. The number of hydrogen-bond acceptors (Lipinski definition) is 2. The number of nitrogens with one attached hydrogen (secondary N) is 1. The summed E-state index contributed by atoms with van der Waals surface area (Å²) < 4.78 is 0. The summed E-state index contributed by atoms with van der Waals surface area (Å²) in [4.78, 5) is 11.3. The van der Waals surface area contributed by atoms with Crippen LogP contribution in [0.4, 0.5) is 0 Å². The zero-order valence-corrected chi connectivity index (χ0v) is 11.8. The average Bonchev–Trinajstić information content (AvgIpc) is 3.04. The molecule has 2 heteroatoms. The quantitative estimate of drug-likeness (QED) is 0.647. The molecule has 0 spiro atoms. The molecule has 1 aliphatic rings. The van der Waals surface area contributed by atoms with Crippen LogP contribution < -0.4 is 0 Å². The van der Waals surface area contributed by atoms with Crippen molar-refractivity contribution in [2.75, 3.05) is 0 Å². The molecule has 0 aliphatic heterocycles. The van der Waals surface area contributed by atoms with Gasteiger partial charge in [0, 0.05) is 5.56 Å². The van der Waals surface area contributed by atoms with E-state index in [1.54, 1.807) is 0 Å². The molecular weight excluding hydrogens is 258 g/mol. The Morgan fingerprint density at radius 2 is 1.67 bits per heavy atom. The molecule has 0 amide bonds. The summed E-state index contributed by atoms with van der Waals surface area (Å²) in [5.74, 6) is 0. The molecule has 0 unspecified atom stereocenters. The maximum atomic E-state index is 11.3. The predicted molar refractivity (Wildman–Crippen MR) is 85.9 cm³/mol. The lowest BCUT2D eigenvalue weighted by atomic mass is 9.93. The van der Waals surface area contributed by atoms with Gasteiger partial charge in [-0.2, -0.15) is 0 Å². The number of hydrogen-bond donors (Lipinski definition) is 1. The van der Waals surface area contributed by atoms with Gasteiger partial charge in [-0.3, -0.25) is 10.2 Å². The second-order valence-corrected chi connectivity index (χ2v) is 5.26. The second kappa shape index (κ2) is 5.88. The van der Waals surface area contributed by atoms with Gasteiger partial charge in [0.05, 0.1) is 5.71 Å². The van der Waals surface area contributed by atoms with Gasteiger partial charge < -0.3 is 0 Å². The average molecular weight is 275 g/mol. The van der Waals surface area contributed by atoms with Crippen molar-refractivity contribution < 1.29 is 4.79 Å². The van der Waals surface area contributed by atoms with Crippen LogP contribution in [0.25, 0.3) is 5.57 Å². The standard InChI is InChI=1S/C19H17NO/c20-19(14-7-2-1-3-8-14)18-12-6-11-17(18)16-10-5-4-9-15(16)13-21/h1-5,7-10,13,20H,6,11-12H2. The Bertz CT molecular complexity index is 713. The molecule has 0 saturated carbocycles. The van der Waals surface area contributed by atoms with Gasteiger partial charge in [0.15, 0.2) is 6.29 Å². The van der Waals surface area contributed by atoms with Crippen LogP contribution in [0.3, 0.4) is 0 Å². The Labute approximate surface area is 124 Å². The minimum Gasteiger partial charge on any atom is -0.300 e. The number of allylic oxidation sites excluding steroid dienone is 2. The molecule has 0 atom stereocenters. The van der Waals surface area contributed by atoms with E-state index in [1.807, 2.05) is 54.6 Å². The van der Waals surface area contributed by atoms with Gasteiger partial charge in [-0.1, -0.05) is 54.6 Å². The van der Waals surface area contributed by atoms with Crippen molar-refractivity contribution in [2.45, 2.75) is 19.3 Å². The van der Waals surface area contributed by atoms with Crippen molar-refractivity contribution in [1.29, 1.82) is 5.41 Å². The van der Waals surface area contributed by atoms with Crippen LogP contribution >= 0.6 is 0 Å². The summed E-state index contributed by atoms with van der Waals surface area (Å²) >= 11 is 0. The van der Waals surface area contributed by atoms with Gasteiger partial charge in [0.25, 0.3) is 0 Å². The predicted octanol–water partition coefficient (Wildman–Crippen LogP) is 4.50. The van der Waals surface area contributed by atoms with Crippen molar-refractivity contribution in [1.82, 2.24) is 0 Å². The first kappa shape index (κ1) is 13.5. The fourth-order valence-corrected chi connectivity index (χ4v) is 2.97. The molecule has 104 valence electrons. The highest BCUT2D eigenvalue weighted by Crippen LogP contribution is 2.36. The Kier molecular flexibility index (Phi) is 3.78. The molecule has 21 heavy (non-hydrogen) atoms. The van der Waals surface area contributed by atoms with E-state index < -0.39 is 0 Å². The van der Waals surface area contributed by atoms with Gasteiger partial charge in [-0.25, -0.2) is 0 Å². The first-order chi connectivity index (χ1) is 10.3. The van der Waals surface area contributed by atoms with E-state index in [0.717, 1.165) is 47.8 Å². The molecule has 0 saturated heterocycles. The number of aldehydes is 1. The molecular formula is C19H17NO. The molecule has 2 aromatic rings. The van der Waals surface area contributed by atoms with Crippen LogP contribution in [-0.2, 0) is 0 Å². The van der Waals surface area contributed by atoms with E-state index in [-0.39, 0.29) is 0 Å². The van der Waals surface area contributed by atoms with Crippen LogP contribution in [-0.4, -0.2) is 12.0 Å². The van der Waals surface area contributed by atoms with Gasteiger partial charge >= 0.3 is 0 Å². The molecule has 1 N–H and O–H groups in total. The number of benzene rings is 2. The summed E-state index contributed by atoms with van der Waals surface area (Å²) in [7, 11) is 0. The molecule has 0 bridgehead atoms. The Hall–Kier alpha value is -2.48. The maximum Gasteiger partial charge on any atom is 0.150 e. The molecule has 2 nitrogen and oxygen atoms in total. The van der Waals surface area contributed by atoms with Crippen LogP contribution in [0.15, 0.2) is 60.2 Å². The Balaban J connectivity index is 2.07. The van der Waals surface area contributed by atoms with Gasteiger partial charge in [-0.05, 0) is 41.5 Å². The maximum absolute atomic E-state index is 11.3. The highest BCUT2D eigenvalue weighted by molar-refractivity contribution is 6.15. The minimum atomic E-state index is 0.587. The first-order valence-electron chi connectivity index (χ1n) is 7.22. The van der Waals surface area contributed by atoms with Crippen molar-refractivity contribution in [2.24, 2.45) is 0 Å². The third kappa shape index (κ3) is 2.57. The Morgan fingerprint density at radius 3 is 2.43 bits per heavy atom. The zero-order chi connectivity index (χ0) is 14.7. The van der Waals surface area contributed by atoms with Gasteiger partial charge in [0.2, 0.25) is 0 Å². The summed E-state index contributed by atoms with van der Waals surface area (Å²) in [6.45, 7) is 0. The van der Waals surface area contributed by atoms with E-state index in [9.17, 15) is 4.79 Å². The number of carbonyl (C=O) groups excluding carboxylic acids is 1. The fraction of sp³-hybridized carbons (Fsp3) is 0.158. The summed E-state index contributed by atoms with van der Waals surface area (Å²) in [6, 6.07) is 17.5. The molecule has 3 rings (SSSR count). The lowest BCUT2D eigenvalue weighted by Gasteiger charge is -2.11. The zero-order valence-electron chi connectivity index (χ0n) is 11.8. The van der Waals surface area contributed by atoms with Crippen molar-refractivity contribution in [3.8, 4) is 0 Å². The molecule has 1 aliphatic carbocycles. The normalized spacial score (nSPS) is 14.3. The molecule has 2 aromatic carbocycles. The lowest BCUT2D eigenvalue weighted by Crippen LogP contribution is -2.04. The van der Waals surface area contributed by atoms with Crippen molar-refractivity contribution in [3.05, 3.63) is 76.9 Å². The largest absolute Gasteiger partial charge is 0.300 e. The van der Waals surface area contributed by atoms with E-state index in [2.05, 4.69) is 0 Å². The van der Waals surface area contributed by atoms with E-state index in [4.69, 9.17) is 5.41 Å². The SMILES string of the molecule is N=C(C1=C(c2ccccc2C=O)CCC1)c1ccccc1. The minimum absolute atomic E-state index is 0.587. The van der Waals surface area contributed by atoms with Crippen LogP contribution in [0.1, 0.15) is 40.7 Å². The summed E-state index contributed by atoms with van der Waals surface area (Å²) in [6.07, 6.45) is 3.81. The highest BCUT2D eigenvalue weighted by Gasteiger charge is 2.21. The monoisotopic (exact) mass is 275 g/mol. The van der Waals surface area contributed by atoms with Crippen LogP contribution in [0.5, 0.6) is 0 Å². The summed E-state index contributed by atoms with van der Waals surface area (Å²) in [5, 5.41) is 8.49. The highest BCUT2D eigenvalue weighted by atomic mass is 16.1. The molecule has 0 fully saturated rings. The first-order valence-corrected chi connectivity index (χ1v) is 7.22. The van der Waals surface area contributed by atoms with Crippen molar-refractivity contribution >= 4 is 17.6 Å². The van der Waals surface area contributed by atoms with Crippen LogP contribution in [0, 0.1) is 5.41 Å². The van der Waals surface area contributed by atoms with Gasteiger partial charge in [0.1, 0.15) is 0 Å². The smallest absolute Gasteiger partial charge is 0.150 e. The third-order valence-electron chi connectivity index (χ3n) is 3.99. The van der Waals surface area contributed by atoms with Crippen LogP contribution in [0.2, 0.25) is 0 Å². The molecule has 0 heterocycles. The second-order valence-electron chi connectivity index (χ2n) is 5.26. The Morgan fingerprint density at radius 1 is 0.952 bits per heavy atom. The molecule has 0 aromatic heterocycles. The lowest BCUT2D eigenvalue weighted by molar-refractivity contribution is 0.112. The number of rotatable bonds is 4. The molecule has 0 radical (unpaired) electrons. The van der Waals surface area contributed by atoms with E-state index in [1.165, 1.54) is 0 Å². The van der Waals surface area contributed by atoms with E-state index >= 15 is 0 Å². The number of carbonyl (C=O) groups is 1. The topological polar surface area (TPSA) is 40.9 Å². The van der Waals surface area contributed by atoms with Crippen molar-refractivity contribution in [3.63, 3.8) is 0 Å². The van der Waals surface area contributed by atoms with E-state index in [0.29, 0.717) is 11.3 Å². The summed E-state index contributed by atoms with van der Waals surface area (Å²) in [5.41, 5.74) is 5.47.